The van der Waals surface area contributed by atoms with Crippen molar-refractivity contribution in [2.24, 2.45) is 0 Å². The summed E-state index contributed by atoms with van der Waals surface area (Å²) in [6.45, 7) is 2.01. The predicted molar refractivity (Wildman–Crippen MR) is 72.9 cm³/mol. The molecule has 0 aromatic heterocycles. The minimum absolute atomic E-state index is 0.00693. The minimum atomic E-state index is -3.53. The Kier molecular flexibility index (Phi) is 6.09. The van der Waals surface area contributed by atoms with Crippen molar-refractivity contribution in [3.8, 4) is 0 Å². The molecule has 0 unspecified atom stereocenters. The number of hydrogen-bond donors (Lipinski definition) is 0. The number of hydrogen-bond acceptors (Lipinski definition) is 4. The quantitative estimate of drug-likeness (QED) is 0.717. The van der Waals surface area contributed by atoms with Crippen molar-refractivity contribution >= 4 is 16.0 Å². The summed E-state index contributed by atoms with van der Waals surface area (Å²) in [6, 6.07) is 5.27. The van der Waals surface area contributed by atoms with Gasteiger partial charge in [-0.05, 0) is 24.6 Å². The van der Waals surface area contributed by atoms with Crippen LogP contribution >= 0.6 is 0 Å². The van der Waals surface area contributed by atoms with Crippen molar-refractivity contribution in [2.45, 2.75) is 19.1 Å². The molecule has 0 aliphatic heterocycles. The molecule has 0 heterocycles. The van der Waals surface area contributed by atoms with E-state index >= 15 is 0 Å². The van der Waals surface area contributed by atoms with E-state index in [4.69, 9.17) is 4.74 Å². The highest BCUT2D eigenvalue weighted by Crippen LogP contribution is 2.11. The Hall–Kier alpha value is -1.47. The first-order valence-electron chi connectivity index (χ1n) is 6.19. The Morgan fingerprint density at radius 2 is 1.90 bits per heavy atom. The molecule has 5 nitrogen and oxygen atoms in total. The van der Waals surface area contributed by atoms with E-state index in [9.17, 15) is 17.6 Å². The van der Waals surface area contributed by atoms with Gasteiger partial charge in [0.15, 0.2) is 0 Å². The smallest absolute Gasteiger partial charge is 0.307 e. The van der Waals surface area contributed by atoms with Crippen LogP contribution in [0.3, 0.4) is 0 Å². The third-order valence-electron chi connectivity index (χ3n) is 2.67. The molecule has 0 amide bonds. The van der Waals surface area contributed by atoms with Crippen molar-refractivity contribution in [1.29, 1.82) is 0 Å². The van der Waals surface area contributed by atoms with E-state index in [0.29, 0.717) is 5.56 Å². The highest BCUT2D eigenvalue weighted by molar-refractivity contribution is 7.88. The van der Waals surface area contributed by atoms with Crippen molar-refractivity contribution in [2.75, 3.05) is 20.2 Å². The van der Waals surface area contributed by atoms with Crippen LogP contribution in [0.2, 0.25) is 0 Å². The van der Waals surface area contributed by atoms with E-state index < -0.39 is 21.8 Å². The van der Waals surface area contributed by atoms with E-state index in [1.54, 1.807) is 6.92 Å². The molecular weight excluding hydrogens is 285 g/mol. The molecule has 1 aromatic carbocycles. The van der Waals surface area contributed by atoms with Gasteiger partial charge in [-0.2, -0.15) is 0 Å². The molecule has 0 bridgehead atoms. The molecule has 0 fully saturated rings. The van der Waals surface area contributed by atoms with Gasteiger partial charge in [0.1, 0.15) is 5.82 Å². The van der Waals surface area contributed by atoms with E-state index in [1.807, 2.05) is 0 Å². The first-order valence-corrected chi connectivity index (χ1v) is 7.80. The van der Waals surface area contributed by atoms with Crippen LogP contribution in [0.25, 0.3) is 0 Å². The molecule has 0 saturated carbocycles. The number of benzene rings is 1. The maximum Gasteiger partial charge on any atom is 0.307 e. The number of esters is 1. The third-order valence-corrected chi connectivity index (χ3v) is 4.50. The molecule has 0 aliphatic rings. The normalized spacial score (nSPS) is 11.6. The summed E-state index contributed by atoms with van der Waals surface area (Å²) >= 11 is 0. The minimum Gasteiger partial charge on any atom is -0.466 e. The maximum absolute atomic E-state index is 12.7. The first kappa shape index (κ1) is 16.6. The number of nitrogens with zero attached hydrogens (tertiary/aromatic N) is 1. The van der Waals surface area contributed by atoms with E-state index in [0.717, 1.165) is 4.31 Å². The zero-order valence-corrected chi connectivity index (χ0v) is 12.3. The summed E-state index contributed by atoms with van der Waals surface area (Å²) in [7, 11) is -2.13. The summed E-state index contributed by atoms with van der Waals surface area (Å²) < 4.78 is 42.7. The Bertz CT molecular complexity index is 542. The van der Waals surface area contributed by atoms with Gasteiger partial charge in [-0.25, -0.2) is 17.1 Å². The molecule has 7 heteroatoms. The lowest BCUT2D eigenvalue weighted by Gasteiger charge is -2.16. The van der Waals surface area contributed by atoms with Crippen molar-refractivity contribution in [3.05, 3.63) is 35.6 Å². The molecule has 0 aliphatic carbocycles. The lowest BCUT2D eigenvalue weighted by Crippen LogP contribution is -2.30. The van der Waals surface area contributed by atoms with Crippen LogP contribution in [0.15, 0.2) is 24.3 Å². The van der Waals surface area contributed by atoms with E-state index in [2.05, 4.69) is 0 Å². The van der Waals surface area contributed by atoms with Gasteiger partial charge in [-0.15, -0.1) is 0 Å². The van der Waals surface area contributed by atoms with Crippen LogP contribution in [0.4, 0.5) is 4.39 Å². The van der Waals surface area contributed by atoms with Crippen molar-refractivity contribution in [1.82, 2.24) is 4.31 Å². The molecule has 0 N–H and O–H groups in total. The number of ether oxygens (including phenoxy) is 1. The van der Waals surface area contributed by atoms with Gasteiger partial charge in [0.05, 0.1) is 18.8 Å². The van der Waals surface area contributed by atoms with Gasteiger partial charge in [0.2, 0.25) is 10.0 Å². The topological polar surface area (TPSA) is 63.7 Å². The molecule has 0 radical (unpaired) electrons. The number of sulfonamides is 1. The Morgan fingerprint density at radius 3 is 2.45 bits per heavy atom. The Morgan fingerprint density at radius 1 is 1.30 bits per heavy atom. The van der Waals surface area contributed by atoms with Gasteiger partial charge in [0.25, 0.3) is 0 Å². The van der Waals surface area contributed by atoms with Gasteiger partial charge < -0.3 is 4.74 Å². The monoisotopic (exact) mass is 303 g/mol. The molecular formula is C13H18FNO4S. The van der Waals surface area contributed by atoms with Gasteiger partial charge in [-0.1, -0.05) is 12.1 Å². The number of carbonyl (C=O) groups excluding carboxylic acids is 1. The molecule has 1 rings (SSSR count). The molecule has 0 spiro atoms. The summed E-state index contributed by atoms with van der Waals surface area (Å²) in [4.78, 5) is 11.2. The second kappa shape index (κ2) is 7.35. The maximum atomic E-state index is 12.7. The summed E-state index contributed by atoms with van der Waals surface area (Å²) in [5.74, 6) is -1.08. The average molecular weight is 303 g/mol. The first-order chi connectivity index (χ1) is 9.35. The van der Waals surface area contributed by atoms with Crippen LogP contribution in [0.5, 0.6) is 0 Å². The van der Waals surface area contributed by atoms with Crippen LogP contribution in [0.1, 0.15) is 18.9 Å². The zero-order valence-electron chi connectivity index (χ0n) is 11.5. The van der Waals surface area contributed by atoms with Crippen LogP contribution in [0, 0.1) is 5.82 Å². The molecule has 1 aromatic rings. The second-order valence-corrected chi connectivity index (χ2v) is 6.34. The molecule has 20 heavy (non-hydrogen) atoms. The Balaban J connectivity index is 2.59. The SMILES string of the molecule is CCOC(=O)CCN(C)S(=O)(=O)Cc1ccc(F)cc1. The van der Waals surface area contributed by atoms with Gasteiger partial charge in [-0.3, -0.25) is 4.79 Å². The summed E-state index contributed by atoms with van der Waals surface area (Å²) in [5.41, 5.74) is 0.495. The number of rotatable bonds is 7. The van der Waals surface area contributed by atoms with Crippen LogP contribution in [-0.2, 0) is 25.3 Å². The van der Waals surface area contributed by atoms with Crippen molar-refractivity contribution < 1.29 is 22.3 Å². The van der Waals surface area contributed by atoms with E-state index in [-0.39, 0.29) is 25.3 Å². The van der Waals surface area contributed by atoms with Gasteiger partial charge in [0, 0.05) is 13.6 Å². The number of halogens is 1. The van der Waals surface area contributed by atoms with Crippen LogP contribution in [-0.4, -0.2) is 38.9 Å². The van der Waals surface area contributed by atoms with Gasteiger partial charge >= 0.3 is 5.97 Å². The third kappa shape index (κ3) is 5.26. The number of carbonyl (C=O) groups is 1. The highest BCUT2D eigenvalue weighted by Gasteiger charge is 2.19. The largest absolute Gasteiger partial charge is 0.466 e. The molecule has 0 atom stereocenters. The molecule has 0 saturated heterocycles. The zero-order chi connectivity index (χ0) is 15.2. The lowest BCUT2D eigenvalue weighted by atomic mass is 10.2. The standard InChI is InChI=1S/C13H18FNO4S/c1-3-19-13(16)8-9-15(2)20(17,18)10-11-4-6-12(14)7-5-11/h4-7H,3,8-10H2,1-2H3. The second-order valence-electron chi connectivity index (χ2n) is 4.26. The molecule has 112 valence electrons. The Labute approximate surface area is 118 Å². The van der Waals surface area contributed by atoms with Crippen LogP contribution < -0.4 is 0 Å². The summed E-state index contributed by atoms with van der Waals surface area (Å²) in [6.07, 6.45) is 0.00693. The fraction of sp³-hybridized carbons (Fsp3) is 0.462. The summed E-state index contributed by atoms with van der Waals surface area (Å²) in [5, 5.41) is 0. The lowest BCUT2D eigenvalue weighted by molar-refractivity contribution is -0.143. The fourth-order valence-electron chi connectivity index (χ4n) is 1.52. The predicted octanol–water partition coefficient (Wildman–Crippen LogP) is 1.54. The van der Waals surface area contributed by atoms with Crippen molar-refractivity contribution in [3.63, 3.8) is 0 Å². The fourth-order valence-corrected chi connectivity index (χ4v) is 2.73. The van der Waals surface area contributed by atoms with E-state index in [1.165, 1.54) is 31.3 Å². The average Bonchev–Trinajstić information content (AvgIpc) is 2.38. The highest BCUT2D eigenvalue weighted by atomic mass is 32.2.